The van der Waals surface area contributed by atoms with Gasteiger partial charge in [-0.05, 0) is 18.2 Å². The molecular weight excluding hydrogens is 396 g/mol. The van der Waals surface area contributed by atoms with Crippen molar-refractivity contribution in [1.29, 1.82) is 0 Å². The maximum Gasteiger partial charge on any atom is 0.408 e. The normalized spacial score (nSPS) is 17.5. The molecule has 122 valence electrons. The Morgan fingerprint density at radius 3 is 2.29 bits per heavy atom. The van der Waals surface area contributed by atoms with Gasteiger partial charge in [-0.2, -0.15) is 13.2 Å². The van der Waals surface area contributed by atoms with Gasteiger partial charge in [0.2, 0.25) is 0 Å². The number of hydrogen-bond acceptors (Lipinski definition) is 3. The zero-order chi connectivity index (χ0) is 14.0. The number of alkyl halides is 3. The monoisotopic (exact) mass is 410 g/mol. The summed E-state index contributed by atoms with van der Waals surface area (Å²) in [4.78, 5) is 1.35. The summed E-state index contributed by atoms with van der Waals surface area (Å²) in [5.41, 5.74) is -0.108. The maximum absolute atomic E-state index is 13.3. The van der Waals surface area contributed by atoms with Gasteiger partial charge in [-0.25, -0.2) is 0 Å². The number of halogens is 6. The van der Waals surface area contributed by atoms with Gasteiger partial charge in [-0.3, -0.25) is 4.90 Å². The van der Waals surface area contributed by atoms with Crippen LogP contribution in [0.2, 0.25) is 0 Å². The lowest BCUT2D eigenvalue weighted by atomic mass is 10.0. The first-order chi connectivity index (χ1) is 8.89. The van der Waals surface area contributed by atoms with Crippen molar-refractivity contribution in [2.24, 2.45) is 0 Å². The fourth-order valence-electron chi connectivity index (χ4n) is 2.26. The molecular formula is C12H16BrCl2F3N2O. The molecule has 1 aliphatic rings. The highest BCUT2D eigenvalue weighted by atomic mass is 79.9. The predicted octanol–water partition coefficient (Wildman–Crippen LogP) is 3.51. The van der Waals surface area contributed by atoms with E-state index in [1.165, 1.54) is 23.1 Å². The van der Waals surface area contributed by atoms with Crippen LogP contribution in [0.4, 0.5) is 13.2 Å². The van der Waals surface area contributed by atoms with Crippen LogP contribution in [-0.2, 0) is 0 Å². The SMILES string of the molecule is Cl.Cl.Oc1ccc(Br)cc1[C@@H](N1CCNCC1)C(F)(F)F. The Hall–Kier alpha value is -0.210. The summed E-state index contributed by atoms with van der Waals surface area (Å²) in [6.45, 7) is 1.63. The summed E-state index contributed by atoms with van der Waals surface area (Å²) in [6, 6.07) is 2.35. The van der Waals surface area contributed by atoms with E-state index in [9.17, 15) is 18.3 Å². The molecule has 1 saturated heterocycles. The van der Waals surface area contributed by atoms with Gasteiger partial charge in [0.1, 0.15) is 11.8 Å². The summed E-state index contributed by atoms with van der Waals surface area (Å²) in [5.74, 6) is -0.330. The summed E-state index contributed by atoms with van der Waals surface area (Å²) >= 11 is 3.15. The van der Waals surface area contributed by atoms with Gasteiger partial charge in [-0.1, -0.05) is 15.9 Å². The van der Waals surface area contributed by atoms with Gasteiger partial charge in [0, 0.05) is 36.2 Å². The van der Waals surface area contributed by atoms with Crippen LogP contribution < -0.4 is 5.32 Å². The highest BCUT2D eigenvalue weighted by Crippen LogP contribution is 2.42. The molecule has 2 N–H and O–H groups in total. The standard InChI is InChI=1S/C12H14BrF3N2O.2ClH/c13-8-1-2-10(19)9(7-8)11(12(14,15)16)18-5-3-17-4-6-18;;/h1-2,7,11,17,19H,3-6H2;2*1H/t11-;;/m1../s1. The number of rotatable bonds is 2. The molecule has 0 radical (unpaired) electrons. The molecule has 9 heteroatoms. The molecule has 1 heterocycles. The lowest BCUT2D eigenvalue weighted by Crippen LogP contribution is -2.49. The van der Waals surface area contributed by atoms with E-state index in [1.807, 2.05) is 0 Å². The molecule has 1 aromatic carbocycles. The fraction of sp³-hybridized carbons (Fsp3) is 0.500. The third-order valence-corrected chi connectivity index (χ3v) is 3.60. The van der Waals surface area contributed by atoms with Gasteiger partial charge in [0.15, 0.2) is 0 Å². The molecule has 1 aromatic rings. The van der Waals surface area contributed by atoms with E-state index in [-0.39, 0.29) is 36.1 Å². The van der Waals surface area contributed by atoms with Crippen LogP contribution in [-0.4, -0.2) is 42.4 Å². The smallest absolute Gasteiger partial charge is 0.408 e. The first kappa shape index (κ1) is 20.8. The second-order valence-corrected chi connectivity index (χ2v) is 5.35. The zero-order valence-electron chi connectivity index (χ0n) is 10.9. The van der Waals surface area contributed by atoms with Crippen LogP contribution >= 0.6 is 40.7 Å². The largest absolute Gasteiger partial charge is 0.508 e. The van der Waals surface area contributed by atoms with Crippen molar-refractivity contribution in [3.8, 4) is 5.75 Å². The van der Waals surface area contributed by atoms with Crippen molar-refractivity contribution in [3.63, 3.8) is 0 Å². The van der Waals surface area contributed by atoms with Gasteiger partial charge in [0.05, 0.1) is 0 Å². The molecule has 0 unspecified atom stereocenters. The van der Waals surface area contributed by atoms with Crippen molar-refractivity contribution >= 4 is 40.7 Å². The Labute approximate surface area is 141 Å². The first-order valence-corrected chi connectivity index (χ1v) is 6.69. The van der Waals surface area contributed by atoms with Crippen molar-refractivity contribution in [3.05, 3.63) is 28.2 Å². The first-order valence-electron chi connectivity index (χ1n) is 5.89. The van der Waals surface area contributed by atoms with Crippen LogP contribution in [0.15, 0.2) is 22.7 Å². The molecule has 0 amide bonds. The number of hydrogen-bond donors (Lipinski definition) is 2. The number of piperazine rings is 1. The maximum atomic E-state index is 13.3. The number of aromatic hydroxyl groups is 1. The fourth-order valence-corrected chi connectivity index (χ4v) is 2.64. The molecule has 3 nitrogen and oxygen atoms in total. The zero-order valence-corrected chi connectivity index (χ0v) is 14.1. The minimum absolute atomic E-state index is 0. The summed E-state index contributed by atoms with van der Waals surface area (Å²) in [7, 11) is 0. The van der Waals surface area contributed by atoms with E-state index in [2.05, 4.69) is 21.2 Å². The number of benzene rings is 1. The minimum atomic E-state index is -4.42. The van der Waals surface area contributed by atoms with Crippen LogP contribution in [0.5, 0.6) is 5.75 Å². The number of phenols is 1. The Morgan fingerprint density at radius 2 is 1.76 bits per heavy atom. The third kappa shape index (κ3) is 5.17. The van der Waals surface area contributed by atoms with Crippen molar-refractivity contribution < 1.29 is 18.3 Å². The highest BCUT2D eigenvalue weighted by Gasteiger charge is 2.46. The second kappa shape index (κ2) is 8.43. The third-order valence-electron chi connectivity index (χ3n) is 3.11. The van der Waals surface area contributed by atoms with E-state index < -0.39 is 12.2 Å². The van der Waals surface area contributed by atoms with E-state index in [0.29, 0.717) is 30.7 Å². The molecule has 1 aliphatic heterocycles. The Bertz CT molecular complexity index is 457. The highest BCUT2D eigenvalue weighted by molar-refractivity contribution is 9.10. The Kier molecular flexibility index (Phi) is 8.35. The van der Waals surface area contributed by atoms with Crippen molar-refractivity contribution in [1.82, 2.24) is 10.2 Å². The topological polar surface area (TPSA) is 35.5 Å². The molecule has 2 rings (SSSR count). The van der Waals surface area contributed by atoms with E-state index in [1.54, 1.807) is 0 Å². The summed E-state index contributed by atoms with van der Waals surface area (Å²) in [5, 5.41) is 12.8. The Morgan fingerprint density at radius 1 is 1.19 bits per heavy atom. The number of nitrogens with zero attached hydrogens (tertiary/aromatic N) is 1. The molecule has 0 spiro atoms. The minimum Gasteiger partial charge on any atom is -0.508 e. The van der Waals surface area contributed by atoms with Crippen LogP contribution in [0.1, 0.15) is 11.6 Å². The summed E-state index contributed by atoms with van der Waals surface area (Å²) < 4.78 is 40.5. The van der Waals surface area contributed by atoms with E-state index in [4.69, 9.17) is 0 Å². The van der Waals surface area contributed by atoms with Crippen molar-refractivity contribution in [2.45, 2.75) is 12.2 Å². The van der Waals surface area contributed by atoms with Gasteiger partial charge < -0.3 is 10.4 Å². The molecule has 0 aliphatic carbocycles. The van der Waals surface area contributed by atoms with Gasteiger partial charge in [0.25, 0.3) is 0 Å². The predicted molar refractivity (Wildman–Crippen MR) is 83.5 cm³/mol. The average molecular weight is 412 g/mol. The van der Waals surface area contributed by atoms with E-state index in [0.717, 1.165) is 0 Å². The summed E-state index contributed by atoms with van der Waals surface area (Å²) in [6.07, 6.45) is -4.42. The van der Waals surface area contributed by atoms with Crippen LogP contribution in [0.25, 0.3) is 0 Å². The van der Waals surface area contributed by atoms with Gasteiger partial charge in [-0.15, -0.1) is 24.8 Å². The Balaban J connectivity index is 0.00000200. The van der Waals surface area contributed by atoms with Gasteiger partial charge >= 0.3 is 6.18 Å². The lowest BCUT2D eigenvalue weighted by molar-refractivity contribution is -0.188. The number of phenolic OH excluding ortho intramolecular Hbond substituents is 1. The quantitative estimate of drug-likeness (QED) is 0.781. The second-order valence-electron chi connectivity index (χ2n) is 4.43. The van der Waals surface area contributed by atoms with Crippen LogP contribution in [0, 0.1) is 0 Å². The molecule has 1 fully saturated rings. The average Bonchev–Trinajstić information content (AvgIpc) is 2.33. The molecule has 0 bridgehead atoms. The molecule has 21 heavy (non-hydrogen) atoms. The lowest BCUT2D eigenvalue weighted by Gasteiger charge is -2.36. The molecule has 1 atom stereocenters. The number of nitrogens with one attached hydrogen (secondary N) is 1. The van der Waals surface area contributed by atoms with Crippen LogP contribution in [0.3, 0.4) is 0 Å². The van der Waals surface area contributed by atoms with Crippen molar-refractivity contribution in [2.75, 3.05) is 26.2 Å². The van der Waals surface area contributed by atoms with E-state index >= 15 is 0 Å². The molecule has 0 aromatic heterocycles. The molecule has 0 saturated carbocycles.